The van der Waals surface area contributed by atoms with Gasteiger partial charge in [-0.15, -0.1) is 0 Å². The summed E-state index contributed by atoms with van der Waals surface area (Å²) in [6, 6.07) is 4.98. The number of carbonyl (C=O) groups is 2. The number of benzene rings is 1. The van der Waals surface area contributed by atoms with Crippen LogP contribution in [0.4, 0.5) is 0 Å². The number of carboxylic acids is 1. The molecule has 0 unspecified atom stereocenters. The van der Waals surface area contributed by atoms with E-state index >= 15 is 0 Å². The molecule has 0 atom stereocenters. The number of carbonyl (C=O) groups excluding carboxylic acids is 1. The Labute approximate surface area is 124 Å². The van der Waals surface area contributed by atoms with E-state index in [0.29, 0.717) is 43.1 Å². The smallest absolute Gasteiger partial charge is 0.303 e. The zero-order valence-electron chi connectivity index (χ0n) is 12.3. The van der Waals surface area contributed by atoms with Crippen LogP contribution in [0.2, 0.25) is 0 Å². The highest BCUT2D eigenvalue weighted by Gasteiger charge is 2.10. The number of ether oxygens (including phenoxy) is 2. The Hall–Kier alpha value is -2.24. The standard InChI is InChI=1S/C15H21NO5/c1-3-21-13-10-11(7-8-12(13)20-2)15(19)16-9-5-4-6-14(17)18/h7-8,10H,3-6,9H2,1-2H3,(H,16,19)(H,17,18). The van der Waals surface area contributed by atoms with Crippen molar-refractivity contribution in [1.29, 1.82) is 0 Å². The molecule has 2 N–H and O–H groups in total. The van der Waals surface area contributed by atoms with Crippen LogP contribution in [0, 0.1) is 0 Å². The lowest BCUT2D eigenvalue weighted by molar-refractivity contribution is -0.137. The quantitative estimate of drug-likeness (QED) is 0.681. The zero-order chi connectivity index (χ0) is 15.7. The van der Waals surface area contributed by atoms with Crippen molar-refractivity contribution in [3.8, 4) is 11.5 Å². The number of amides is 1. The van der Waals surface area contributed by atoms with Gasteiger partial charge < -0.3 is 19.9 Å². The maximum atomic E-state index is 12.0. The molecule has 0 radical (unpaired) electrons. The molecule has 0 aliphatic carbocycles. The van der Waals surface area contributed by atoms with E-state index in [1.807, 2.05) is 6.92 Å². The van der Waals surface area contributed by atoms with Crippen LogP contribution in [0.25, 0.3) is 0 Å². The number of aliphatic carboxylic acids is 1. The molecule has 0 bridgehead atoms. The maximum Gasteiger partial charge on any atom is 0.303 e. The monoisotopic (exact) mass is 295 g/mol. The Balaban J connectivity index is 2.53. The van der Waals surface area contributed by atoms with Gasteiger partial charge in [0.1, 0.15) is 0 Å². The summed E-state index contributed by atoms with van der Waals surface area (Å²) in [7, 11) is 1.54. The molecule has 1 aromatic carbocycles. The molecule has 0 heterocycles. The van der Waals surface area contributed by atoms with Gasteiger partial charge in [-0.3, -0.25) is 9.59 Å². The van der Waals surface area contributed by atoms with E-state index in [4.69, 9.17) is 14.6 Å². The van der Waals surface area contributed by atoms with Crippen molar-refractivity contribution in [1.82, 2.24) is 5.32 Å². The van der Waals surface area contributed by atoms with E-state index in [0.717, 1.165) is 0 Å². The normalized spacial score (nSPS) is 10.0. The van der Waals surface area contributed by atoms with Crippen LogP contribution >= 0.6 is 0 Å². The fourth-order valence-corrected chi connectivity index (χ4v) is 1.79. The molecule has 6 heteroatoms. The molecule has 1 rings (SSSR count). The highest BCUT2D eigenvalue weighted by Crippen LogP contribution is 2.27. The molecule has 0 spiro atoms. The van der Waals surface area contributed by atoms with Gasteiger partial charge in [-0.1, -0.05) is 0 Å². The van der Waals surface area contributed by atoms with Crippen LogP contribution in [0.1, 0.15) is 36.5 Å². The lowest BCUT2D eigenvalue weighted by atomic mass is 10.1. The summed E-state index contributed by atoms with van der Waals surface area (Å²) in [5, 5.41) is 11.3. The third-order valence-electron chi connectivity index (χ3n) is 2.83. The lowest BCUT2D eigenvalue weighted by Gasteiger charge is -2.11. The number of carboxylic acid groups (broad SMARTS) is 1. The third-order valence-corrected chi connectivity index (χ3v) is 2.83. The molecule has 1 amide bonds. The number of unbranched alkanes of at least 4 members (excludes halogenated alkanes) is 1. The Morgan fingerprint density at radius 2 is 2.00 bits per heavy atom. The summed E-state index contributed by atoms with van der Waals surface area (Å²) >= 11 is 0. The Morgan fingerprint density at radius 3 is 2.62 bits per heavy atom. The van der Waals surface area contributed by atoms with E-state index < -0.39 is 5.97 Å². The zero-order valence-corrected chi connectivity index (χ0v) is 12.3. The van der Waals surface area contributed by atoms with Gasteiger partial charge >= 0.3 is 5.97 Å². The minimum atomic E-state index is -0.821. The van der Waals surface area contributed by atoms with E-state index in [1.165, 1.54) is 0 Å². The van der Waals surface area contributed by atoms with Crippen LogP contribution in [0.3, 0.4) is 0 Å². The molecule has 0 saturated carbocycles. The average molecular weight is 295 g/mol. The van der Waals surface area contributed by atoms with Gasteiger partial charge in [-0.05, 0) is 38.0 Å². The molecule has 0 aromatic heterocycles. The fourth-order valence-electron chi connectivity index (χ4n) is 1.79. The Kier molecular flexibility index (Phi) is 7.08. The first-order valence-corrected chi connectivity index (χ1v) is 6.89. The Bertz CT molecular complexity index is 487. The minimum absolute atomic E-state index is 0.118. The molecule has 1 aromatic rings. The molecular weight excluding hydrogens is 274 g/mol. The van der Waals surface area contributed by atoms with Crippen molar-refractivity contribution in [2.24, 2.45) is 0 Å². The van der Waals surface area contributed by atoms with Crippen molar-refractivity contribution >= 4 is 11.9 Å². The van der Waals surface area contributed by atoms with Crippen LogP contribution in [0.5, 0.6) is 11.5 Å². The van der Waals surface area contributed by atoms with Gasteiger partial charge in [0.2, 0.25) is 0 Å². The highest BCUT2D eigenvalue weighted by atomic mass is 16.5. The molecule has 0 fully saturated rings. The average Bonchev–Trinajstić information content (AvgIpc) is 2.46. The van der Waals surface area contributed by atoms with Crippen LogP contribution in [-0.2, 0) is 4.79 Å². The first-order chi connectivity index (χ1) is 10.1. The van der Waals surface area contributed by atoms with Gasteiger partial charge in [-0.2, -0.15) is 0 Å². The summed E-state index contributed by atoms with van der Waals surface area (Å²) < 4.78 is 10.6. The molecule has 0 aliphatic heterocycles. The van der Waals surface area contributed by atoms with Crippen molar-refractivity contribution in [2.75, 3.05) is 20.3 Å². The van der Waals surface area contributed by atoms with E-state index in [9.17, 15) is 9.59 Å². The molecule has 6 nitrogen and oxygen atoms in total. The van der Waals surface area contributed by atoms with Crippen molar-refractivity contribution in [3.63, 3.8) is 0 Å². The van der Waals surface area contributed by atoms with Gasteiger partial charge in [-0.25, -0.2) is 0 Å². The van der Waals surface area contributed by atoms with E-state index in [2.05, 4.69) is 5.32 Å². The van der Waals surface area contributed by atoms with E-state index in [-0.39, 0.29) is 12.3 Å². The van der Waals surface area contributed by atoms with Gasteiger partial charge in [0, 0.05) is 18.5 Å². The number of hydrogen-bond donors (Lipinski definition) is 2. The van der Waals surface area contributed by atoms with Crippen LogP contribution in [-0.4, -0.2) is 37.2 Å². The summed E-state index contributed by atoms with van der Waals surface area (Å²) in [6.45, 7) is 2.79. The van der Waals surface area contributed by atoms with Crippen LogP contribution in [0.15, 0.2) is 18.2 Å². The predicted octanol–water partition coefficient (Wildman–Crippen LogP) is 2.08. The van der Waals surface area contributed by atoms with E-state index in [1.54, 1.807) is 25.3 Å². The second-order valence-electron chi connectivity index (χ2n) is 4.41. The second kappa shape index (κ2) is 8.84. The van der Waals surface area contributed by atoms with Gasteiger partial charge in [0.25, 0.3) is 5.91 Å². The number of nitrogens with one attached hydrogen (secondary N) is 1. The molecular formula is C15H21NO5. The third kappa shape index (κ3) is 5.72. The summed E-state index contributed by atoms with van der Waals surface area (Å²) in [5.41, 5.74) is 0.484. The Morgan fingerprint density at radius 1 is 1.24 bits per heavy atom. The minimum Gasteiger partial charge on any atom is -0.493 e. The molecule has 21 heavy (non-hydrogen) atoms. The number of methoxy groups -OCH3 is 1. The molecule has 116 valence electrons. The molecule has 0 saturated heterocycles. The number of rotatable bonds is 9. The van der Waals surface area contributed by atoms with Gasteiger partial charge in [0.15, 0.2) is 11.5 Å². The lowest BCUT2D eigenvalue weighted by Crippen LogP contribution is -2.24. The first-order valence-electron chi connectivity index (χ1n) is 6.89. The fraction of sp³-hybridized carbons (Fsp3) is 0.467. The summed E-state index contributed by atoms with van der Waals surface area (Å²) in [5.74, 6) is 0.0696. The van der Waals surface area contributed by atoms with Crippen molar-refractivity contribution < 1.29 is 24.2 Å². The second-order valence-corrected chi connectivity index (χ2v) is 4.41. The SMILES string of the molecule is CCOc1cc(C(=O)NCCCCC(=O)O)ccc1OC. The number of hydrogen-bond acceptors (Lipinski definition) is 4. The first kappa shape index (κ1) is 16.8. The topological polar surface area (TPSA) is 84.9 Å². The van der Waals surface area contributed by atoms with Gasteiger partial charge in [0.05, 0.1) is 13.7 Å². The predicted molar refractivity (Wildman–Crippen MR) is 78.0 cm³/mol. The molecule has 0 aliphatic rings. The highest BCUT2D eigenvalue weighted by molar-refractivity contribution is 5.94. The summed E-state index contributed by atoms with van der Waals surface area (Å²) in [6.07, 6.45) is 1.29. The van der Waals surface area contributed by atoms with Crippen molar-refractivity contribution in [2.45, 2.75) is 26.2 Å². The van der Waals surface area contributed by atoms with Crippen molar-refractivity contribution in [3.05, 3.63) is 23.8 Å². The van der Waals surface area contributed by atoms with Crippen LogP contribution < -0.4 is 14.8 Å². The maximum absolute atomic E-state index is 12.0. The largest absolute Gasteiger partial charge is 0.493 e. The summed E-state index contributed by atoms with van der Waals surface area (Å²) in [4.78, 5) is 22.3.